The van der Waals surface area contributed by atoms with Crippen LogP contribution in [0.3, 0.4) is 0 Å². The van der Waals surface area contributed by atoms with Gasteiger partial charge in [0.15, 0.2) is 0 Å². The van der Waals surface area contributed by atoms with Gasteiger partial charge in [-0.1, -0.05) is 60.7 Å². The maximum Gasteiger partial charge on any atom is 0.0457 e. The van der Waals surface area contributed by atoms with Crippen molar-refractivity contribution >= 4 is 17.0 Å². The molecule has 4 rings (SSSR count). The maximum atomic E-state index is 3.38. The Morgan fingerprint density at radius 3 is 2.40 bits per heavy atom. The number of hydrogen-bond donors (Lipinski definition) is 1. The van der Waals surface area contributed by atoms with Crippen molar-refractivity contribution in [3.05, 3.63) is 78.0 Å². The van der Waals surface area contributed by atoms with Crippen molar-refractivity contribution in [1.82, 2.24) is 14.8 Å². The number of rotatable bonds is 5. The van der Waals surface area contributed by atoms with Crippen LogP contribution in [-0.4, -0.2) is 47.5 Å². The van der Waals surface area contributed by atoms with Crippen LogP contribution in [0.4, 0.5) is 0 Å². The lowest BCUT2D eigenvalue weighted by Crippen LogP contribution is -2.45. The van der Waals surface area contributed by atoms with Crippen molar-refractivity contribution in [2.24, 2.45) is 0 Å². The number of aromatic nitrogens is 1. The Bertz CT molecular complexity index is 827. The minimum atomic E-state index is 1.04. The Morgan fingerprint density at radius 2 is 1.56 bits per heavy atom. The molecule has 3 nitrogen and oxygen atoms in total. The average molecular weight is 331 g/mol. The molecule has 1 aromatic heterocycles. The highest BCUT2D eigenvalue weighted by Crippen LogP contribution is 2.19. The molecule has 3 aromatic rings. The van der Waals surface area contributed by atoms with Gasteiger partial charge < -0.3 is 4.98 Å². The van der Waals surface area contributed by atoms with Crippen LogP contribution in [0.25, 0.3) is 17.0 Å². The van der Waals surface area contributed by atoms with Gasteiger partial charge in [0.1, 0.15) is 0 Å². The number of nitrogens with one attached hydrogen (secondary N) is 1. The average Bonchev–Trinajstić information content (AvgIpc) is 3.07. The first-order valence-corrected chi connectivity index (χ1v) is 9.10. The molecule has 128 valence electrons. The first-order chi connectivity index (χ1) is 12.4. The van der Waals surface area contributed by atoms with E-state index in [-0.39, 0.29) is 0 Å². The molecule has 0 spiro atoms. The molecule has 1 N–H and O–H groups in total. The normalized spacial score (nSPS) is 16.8. The predicted octanol–water partition coefficient (Wildman–Crippen LogP) is 4.00. The number of hydrogen-bond acceptors (Lipinski definition) is 2. The maximum absolute atomic E-state index is 3.38. The van der Waals surface area contributed by atoms with E-state index in [1.807, 2.05) is 0 Å². The third-order valence-electron chi connectivity index (χ3n) is 5.01. The van der Waals surface area contributed by atoms with E-state index >= 15 is 0 Å². The van der Waals surface area contributed by atoms with Gasteiger partial charge in [0, 0.05) is 56.4 Å². The number of H-pyrrole nitrogens is 1. The minimum absolute atomic E-state index is 1.04. The molecular weight excluding hydrogens is 306 g/mol. The van der Waals surface area contributed by atoms with E-state index in [4.69, 9.17) is 0 Å². The zero-order valence-electron chi connectivity index (χ0n) is 14.6. The molecule has 3 heteroatoms. The van der Waals surface area contributed by atoms with E-state index in [9.17, 15) is 0 Å². The molecule has 1 fully saturated rings. The molecule has 0 amide bonds. The molecule has 0 atom stereocenters. The molecule has 2 heterocycles. The van der Waals surface area contributed by atoms with Crippen LogP contribution in [0.15, 0.2) is 66.9 Å². The summed E-state index contributed by atoms with van der Waals surface area (Å²) in [6.45, 7) is 6.63. The molecule has 1 aliphatic rings. The zero-order valence-corrected chi connectivity index (χ0v) is 14.6. The van der Waals surface area contributed by atoms with Crippen molar-refractivity contribution in [3.8, 4) is 0 Å². The molecule has 0 unspecified atom stereocenters. The molecular formula is C22H25N3. The third kappa shape index (κ3) is 4.01. The Balaban J connectivity index is 1.28. The summed E-state index contributed by atoms with van der Waals surface area (Å²) in [4.78, 5) is 8.48. The molecule has 0 bridgehead atoms. The molecule has 0 radical (unpaired) electrons. The van der Waals surface area contributed by atoms with Gasteiger partial charge in [0.05, 0.1) is 0 Å². The van der Waals surface area contributed by atoms with Crippen molar-refractivity contribution in [1.29, 1.82) is 0 Å². The van der Waals surface area contributed by atoms with Gasteiger partial charge in [-0.3, -0.25) is 9.80 Å². The molecule has 1 saturated heterocycles. The summed E-state index contributed by atoms with van der Waals surface area (Å²) in [5.41, 5.74) is 3.93. The van der Waals surface area contributed by atoms with Crippen molar-refractivity contribution in [3.63, 3.8) is 0 Å². The summed E-state index contributed by atoms with van der Waals surface area (Å²) in [7, 11) is 0. The van der Waals surface area contributed by atoms with Crippen LogP contribution in [0.5, 0.6) is 0 Å². The van der Waals surface area contributed by atoms with E-state index < -0.39 is 0 Å². The highest BCUT2D eigenvalue weighted by atomic mass is 15.3. The van der Waals surface area contributed by atoms with E-state index in [0.717, 1.165) is 39.3 Å². The monoisotopic (exact) mass is 331 g/mol. The molecule has 2 aromatic carbocycles. The van der Waals surface area contributed by atoms with Gasteiger partial charge in [0.2, 0.25) is 0 Å². The minimum Gasteiger partial charge on any atom is -0.361 e. The number of benzene rings is 2. The molecule has 0 saturated carbocycles. The molecule has 0 aliphatic carbocycles. The van der Waals surface area contributed by atoms with Crippen LogP contribution in [-0.2, 0) is 6.54 Å². The van der Waals surface area contributed by atoms with Gasteiger partial charge in [-0.2, -0.15) is 0 Å². The second-order valence-corrected chi connectivity index (χ2v) is 6.75. The van der Waals surface area contributed by atoms with Crippen LogP contribution in [0.1, 0.15) is 11.1 Å². The summed E-state index contributed by atoms with van der Waals surface area (Å²) in [6, 6.07) is 19.1. The van der Waals surface area contributed by atoms with Gasteiger partial charge in [-0.15, -0.1) is 0 Å². The summed E-state index contributed by atoms with van der Waals surface area (Å²) in [6.07, 6.45) is 6.67. The summed E-state index contributed by atoms with van der Waals surface area (Å²) in [5, 5.41) is 1.36. The lowest BCUT2D eigenvalue weighted by atomic mass is 10.1. The Kier molecular flexibility index (Phi) is 4.96. The zero-order chi connectivity index (χ0) is 16.9. The van der Waals surface area contributed by atoms with Crippen LogP contribution < -0.4 is 0 Å². The predicted molar refractivity (Wildman–Crippen MR) is 105 cm³/mol. The van der Waals surface area contributed by atoms with E-state index in [0.29, 0.717) is 0 Å². The van der Waals surface area contributed by atoms with Gasteiger partial charge in [-0.05, 0) is 17.2 Å². The van der Waals surface area contributed by atoms with Crippen molar-refractivity contribution < 1.29 is 0 Å². The van der Waals surface area contributed by atoms with E-state index in [1.165, 1.54) is 22.0 Å². The first kappa shape index (κ1) is 16.1. The Morgan fingerprint density at radius 1 is 0.840 bits per heavy atom. The second kappa shape index (κ2) is 7.68. The van der Waals surface area contributed by atoms with Crippen molar-refractivity contribution in [2.75, 3.05) is 32.7 Å². The lowest BCUT2D eigenvalue weighted by Gasteiger charge is -2.34. The third-order valence-corrected chi connectivity index (χ3v) is 5.01. The fourth-order valence-corrected chi connectivity index (χ4v) is 3.54. The first-order valence-electron chi connectivity index (χ1n) is 9.10. The molecule has 25 heavy (non-hydrogen) atoms. The summed E-state index contributed by atoms with van der Waals surface area (Å²) >= 11 is 0. The largest absolute Gasteiger partial charge is 0.361 e. The smallest absolute Gasteiger partial charge is 0.0457 e. The topological polar surface area (TPSA) is 22.3 Å². The molecule has 1 aliphatic heterocycles. The van der Waals surface area contributed by atoms with Gasteiger partial charge in [0.25, 0.3) is 0 Å². The quantitative estimate of drug-likeness (QED) is 0.763. The SMILES string of the molecule is C(=C\c1ccccc1)/CN1CCN(Cc2c[nH]c3ccccc23)CC1. The number of aromatic amines is 1. The van der Waals surface area contributed by atoms with E-state index in [1.54, 1.807) is 0 Å². The number of fused-ring (bicyclic) bond motifs is 1. The van der Waals surface area contributed by atoms with Crippen LogP contribution >= 0.6 is 0 Å². The fraction of sp³-hybridized carbons (Fsp3) is 0.273. The van der Waals surface area contributed by atoms with Crippen molar-refractivity contribution in [2.45, 2.75) is 6.54 Å². The standard InChI is InChI=1S/C22H25N3/c1-2-7-19(8-3-1)9-6-12-24-13-15-25(16-14-24)18-20-17-23-22-11-5-4-10-21(20)22/h1-11,17,23H,12-16,18H2/b9-6+. The van der Waals surface area contributed by atoms with Gasteiger partial charge in [-0.25, -0.2) is 0 Å². The Labute approximate surface area is 149 Å². The highest BCUT2D eigenvalue weighted by Gasteiger charge is 2.17. The highest BCUT2D eigenvalue weighted by molar-refractivity contribution is 5.82. The lowest BCUT2D eigenvalue weighted by molar-refractivity contribution is 0.137. The van der Waals surface area contributed by atoms with Crippen LogP contribution in [0.2, 0.25) is 0 Å². The Hall–Kier alpha value is -2.36. The fourth-order valence-electron chi connectivity index (χ4n) is 3.54. The van der Waals surface area contributed by atoms with Crippen LogP contribution in [0, 0.1) is 0 Å². The summed E-state index contributed by atoms with van der Waals surface area (Å²) < 4.78 is 0. The number of nitrogens with zero attached hydrogens (tertiary/aromatic N) is 2. The summed E-state index contributed by atoms with van der Waals surface area (Å²) in [5.74, 6) is 0. The van der Waals surface area contributed by atoms with Gasteiger partial charge >= 0.3 is 0 Å². The number of piperazine rings is 1. The second-order valence-electron chi connectivity index (χ2n) is 6.75. The number of para-hydroxylation sites is 1. The van der Waals surface area contributed by atoms with E-state index in [2.05, 4.69) is 87.7 Å².